The van der Waals surface area contributed by atoms with Gasteiger partial charge in [-0.3, -0.25) is 0 Å². The molecule has 0 saturated heterocycles. The van der Waals surface area contributed by atoms with Gasteiger partial charge in [-0.2, -0.15) is 0 Å². The number of hydrogen-bond donors (Lipinski definition) is 1. The minimum atomic E-state index is 0.352. The van der Waals surface area contributed by atoms with Gasteiger partial charge in [-0.1, -0.05) is 30.7 Å². The number of thioether (sulfide) groups is 1. The average molecular weight is 301 g/mol. The SMILES string of the molecule is CCCNC(CSc1ccncn1)c1cc(C)ccc1C. The van der Waals surface area contributed by atoms with Crippen LogP contribution in [0, 0.1) is 13.8 Å². The van der Waals surface area contributed by atoms with Crippen molar-refractivity contribution in [1.29, 1.82) is 0 Å². The molecule has 0 spiro atoms. The van der Waals surface area contributed by atoms with Crippen molar-refractivity contribution in [3.8, 4) is 0 Å². The highest BCUT2D eigenvalue weighted by Gasteiger charge is 2.14. The Balaban J connectivity index is 2.12. The minimum absolute atomic E-state index is 0.352. The second-order valence-corrected chi connectivity index (χ2v) is 6.27. The lowest BCUT2D eigenvalue weighted by atomic mass is 10.00. The maximum atomic E-state index is 4.29. The molecule has 0 amide bonds. The van der Waals surface area contributed by atoms with Gasteiger partial charge in [0.1, 0.15) is 6.33 Å². The van der Waals surface area contributed by atoms with Crippen LogP contribution in [0.25, 0.3) is 0 Å². The first-order chi connectivity index (χ1) is 10.2. The topological polar surface area (TPSA) is 37.8 Å². The highest BCUT2D eigenvalue weighted by Crippen LogP contribution is 2.26. The number of nitrogens with one attached hydrogen (secondary N) is 1. The van der Waals surface area contributed by atoms with Gasteiger partial charge in [-0.05, 0) is 44.0 Å². The Morgan fingerprint density at radius 2 is 2.10 bits per heavy atom. The van der Waals surface area contributed by atoms with Gasteiger partial charge in [0.25, 0.3) is 0 Å². The molecule has 1 aromatic heterocycles. The fourth-order valence-corrected chi connectivity index (χ4v) is 3.16. The van der Waals surface area contributed by atoms with Gasteiger partial charge in [-0.25, -0.2) is 9.97 Å². The Morgan fingerprint density at radius 3 is 2.81 bits per heavy atom. The van der Waals surface area contributed by atoms with Crippen molar-refractivity contribution >= 4 is 11.8 Å². The van der Waals surface area contributed by atoms with Crippen LogP contribution in [0.15, 0.2) is 41.8 Å². The molecular weight excluding hydrogens is 278 g/mol. The van der Waals surface area contributed by atoms with Gasteiger partial charge in [-0.15, -0.1) is 11.8 Å². The lowest BCUT2D eigenvalue weighted by Gasteiger charge is -2.21. The van der Waals surface area contributed by atoms with Crippen molar-refractivity contribution in [2.45, 2.75) is 38.3 Å². The molecule has 0 aliphatic carbocycles. The predicted octanol–water partition coefficient (Wildman–Crippen LogP) is 3.93. The van der Waals surface area contributed by atoms with Crippen LogP contribution in [0.5, 0.6) is 0 Å². The molecule has 1 unspecified atom stereocenters. The fraction of sp³-hybridized carbons (Fsp3) is 0.412. The molecule has 21 heavy (non-hydrogen) atoms. The molecule has 0 saturated carbocycles. The molecule has 0 bridgehead atoms. The third kappa shape index (κ3) is 4.83. The van der Waals surface area contributed by atoms with E-state index in [-0.39, 0.29) is 0 Å². The van der Waals surface area contributed by atoms with Gasteiger partial charge in [0.05, 0.1) is 5.03 Å². The van der Waals surface area contributed by atoms with E-state index < -0.39 is 0 Å². The van der Waals surface area contributed by atoms with Crippen molar-refractivity contribution in [2.24, 2.45) is 0 Å². The number of nitrogens with zero attached hydrogens (tertiary/aromatic N) is 2. The first kappa shape index (κ1) is 16.0. The number of aryl methyl sites for hydroxylation is 2. The van der Waals surface area contributed by atoms with Crippen molar-refractivity contribution in [2.75, 3.05) is 12.3 Å². The van der Waals surface area contributed by atoms with Crippen LogP contribution in [0.2, 0.25) is 0 Å². The quantitative estimate of drug-likeness (QED) is 0.621. The summed E-state index contributed by atoms with van der Waals surface area (Å²) in [5.74, 6) is 0.974. The smallest absolute Gasteiger partial charge is 0.116 e. The second-order valence-electron chi connectivity index (χ2n) is 5.23. The van der Waals surface area contributed by atoms with Gasteiger partial charge in [0.2, 0.25) is 0 Å². The van der Waals surface area contributed by atoms with Gasteiger partial charge >= 0.3 is 0 Å². The van der Waals surface area contributed by atoms with Gasteiger partial charge in [0.15, 0.2) is 0 Å². The van der Waals surface area contributed by atoms with Gasteiger partial charge in [0, 0.05) is 18.0 Å². The molecule has 2 rings (SSSR count). The summed E-state index contributed by atoms with van der Waals surface area (Å²) in [6.07, 6.45) is 4.54. The van der Waals surface area contributed by atoms with E-state index in [1.807, 2.05) is 6.07 Å². The standard InChI is InChI=1S/C17H23N3S/c1-4-8-19-16(11-21-17-7-9-18-12-20-17)15-10-13(2)5-6-14(15)3/h5-7,9-10,12,16,19H,4,8,11H2,1-3H3. The monoisotopic (exact) mass is 301 g/mol. The Kier molecular flexibility index (Phi) is 6.21. The number of hydrogen-bond acceptors (Lipinski definition) is 4. The van der Waals surface area contributed by atoms with E-state index >= 15 is 0 Å². The van der Waals surface area contributed by atoms with Crippen LogP contribution in [0.4, 0.5) is 0 Å². The second kappa shape index (κ2) is 8.15. The molecule has 0 radical (unpaired) electrons. The summed E-state index contributed by atoms with van der Waals surface area (Å²) in [5.41, 5.74) is 4.05. The van der Waals surface area contributed by atoms with Crippen LogP contribution < -0.4 is 5.32 Å². The van der Waals surface area contributed by atoms with Crippen LogP contribution in [0.3, 0.4) is 0 Å². The van der Waals surface area contributed by atoms with E-state index in [9.17, 15) is 0 Å². The van der Waals surface area contributed by atoms with Crippen molar-refractivity contribution < 1.29 is 0 Å². The molecule has 1 heterocycles. The van der Waals surface area contributed by atoms with Crippen molar-refractivity contribution in [3.05, 3.63) is 53.5 Å². The van der Waals surface area contributed by atoms with E-state index in [1.165, 1.54) is 16.7 Å². The molecule has 1 aromatic carbocycles. The zero-order valence-corrected chi connectivity index (χ0v) is 13.8. The summed E-state index contributed by atoms with van der Waals surface area (Å²) >= 11 is 1.77. The highest BCUT2D eigenvalue weighted by molar-refractivity contribution is 7.99. The number of aromatic nitrogens is 2. The van der Waals surface area contributed by atoms with Gasteiger partial charge < -0.3 is 5.32 Å². The largest absolute Gasteiger partial charge is 0.309 e. The molecule has 0 aliphatic rings. The number of benzene rings is 1. The Hall–Kier alpha value is -1.39. The summed E-state index contributed by atoms with van der Waals surface area (Å²) in [5, 5.41) is 4.69. The highest BCUT2D eigenvalue weighted by atomic mass is 32.2. The van der Waals surface area contributed by atoms with Crippen LogP contribution >= 0.6 is 11.8 Å². The fourth-order valence-electron chi connectivity index (χ4n) is 2.25. The molecule has 2 aromatic rings. The summed E-state index contributed by atoms with van der Waals surface area (Å²) in [6.45, 7) is 7.56. The molecule has 1 N–H and O–H groups in total. The minimum Gasteiger partial charge on any atom is -0.309 e. The average Bonchev–Trinajstić information content (AvgIpc) is 2.51. The van der Waals surface area contributed by atoms with E-state index in [2.05, 4.69) is 54.3 Å². The third-order valence-electron chi connectivity index (χ3n) is 3.40. The van der Waals surface area contributed by atoms with Crippen LogP contribution in [0.1, 0.15) is 36.1 Å². The maximum Gasteiger partial charge on any atom is 0.116 e. The molecule has 112 valence electrons. The summed E-state index contributed by atoms with van der Waals surface area (Å²) in [6, 6.07) is 8.99. The van der Waals surface area contributed by atoms with E-state index in [4.69, 9.17) is 0 Å². The zero-order valence-electron chi connectivity index (χ0n) is 13.0. The first-order valence-corrected chi connectivity index (χ1v) is 8.38. The van der Waals surface area contributed by atoms with Crippen molar-refractivity contribution in [3.63, 3.8) is 0 Å². The molecule has 3 nitrogen and oxygen atoms in total. The Morgan fingerprint density at radius 1 is 1.24 bits per heavy atom. The van der Waals surface area contributed by atoms with Crippen LogP contribution in [-0.2, 0) is 0 Å². The third-order valence-corrected chi connectivity index (χ3v) is 4.44. The lowest BCUT2D eigenvalue weighted by Crippen LogP contribution is -2.25. The lowest BCUT2D eigenvalue weighted by molar-refractivity contribution is 0.574. The number of rotatable bonds is 7. The molecule has 1 atom stereocenters. The summed E-state index contributed by atoms with van der Waals surface area (Å²) in [4.78, 5) is 8.25. The summed E-state index contributed by atoms with van der Waals surface area (Å²) in [7, 11) is 0. The molecule has 0 fully saturated rings. The van der Waals surface area contributed by atoms with Crippen molar-refractivity contribution in [1.82, 2.24) is 15.3 Å². The van der Waals surface area contributed by atoms with E-state index in [1.54, 1.807) is 24.3 Å². The zero-order chi connectivity index (χ0) is 15.1. The normalized spacial score (nSPS) is 12.3. The Bertz CT molecular complexity index is 557. The molecule has 4 heteroatoms. The van der Waals surface area contributed by atoms with E-state index in [0.717, 1.165) is 23.7 Å². The predicted molar refractivity (Wildman–Crippen MR) is 89.7 cm³/mol. The Labute approximate surface area is 131 Å². The first-order valence-electron chi connectivity index (χ1n) is 7.40. The maximum absolute atomic E-state index is 4.29. The molecular formula is C17H23N3S. The summed E-state index contributed by atoms with van der Waals surface area (Å²) < 4.78 is 0. The van der Waals surface area contributed by atoms with E-state index in [0.29, 0.717) is 6.04 Å². The van der Waals surface area contributed by atoms with Crippen LogP contribution in [-0.4, -0.2) is 22.3 Å². The molecule has 0 aliphatic heterocycles.